The zero-order chi connectivity index (χ0) is 28.5. The average Bonchev–Trinajstić information content (AvgIpc) is 2.84. The molecule has 12 heteroatoms. The standard InChI is InChI=1S/C27H19F6N3O3/c1-14-10-19(36-25(38)16-11-17(26(28,29)30)13-18(12-16)27(31,32)33)6-7-22(14)39-23-8-9-34-24-20(23)4-3-5-21(24)35-15(2)37/h3-13H,1-2H3,(H,35,37)(H,36,38). The third-order valence-electron chi connectivity index (χ3n) is 5.54. The van der Waals surface area contributed by atoms with Gasteiger partial charge >= 0.3 is 12.4 Å². The molecule has 4 rings (SSSR count). The first kappa shape index (κ1) is 27.4. The van der Waals surface area contributed by atoms with Crippen LogP contribution in [0.3, 0.4) is 0 Å². The number of nitrogens with zero attached hydrogens (tertiary/aromatic N) is 1. The monoisotopic (exact) mass is 547 g/mol. The second-order valence-corrected chi connectivity index (χ2v) is 8.52. The largest absolute Gasteiger partial charge is 0.456 e. The summed E-state index contributed by atoms with van der Waals surface area (Å²) in [4.78, 5) is 28.4. The van der Waals surface area contributed by atoms with Crippen LogP contribution in [-0.4, -0.2) is 16.8 Å². The van der Waals surface area contributed by atoms with Gasteiger partial charge in [-0.15, -0.1) is 0 Å². The second-order valence-electron chi connectivity index (χ2n) is 8.52. The molecule has 0 fully saturated rings. The van der Waals surface area contributed by atoms with Crippen LogP contribution in [0.4, 0.5) is 37.7 Å². The predicted molar refractivity (Wildman–Crippen MR) is 132 cm³/mol. The van der Waals surface area contributed by atoms with Crippen LogP contribution in [0, 0.1) is 6.92 Å². The molecule has 0 aliphatic carbocycles. The third kappa shape index (κ3) is 6.28. The van der Waals surface area contributed by atoms with Crippen molar-refractivity contribution in [2.45, 2.75) is 26.2 Å². The minimum atomic E-state index is -5.08. The average molecular weight is 547 g/mol. The van der Waals surface area contributed by atoms with E-state index in [1.54, 1.807) is 31.2 Å². The molecule has 6 nitrogen and oxygen atoms in total. The number of aryl methyl sites for hydroxylation is 1. The number of halogens is 6. The maximum Gasteiger partial charge on any atom is 0.416 e. The Hall–Kier alpha value is -4.61. The van der Waals surface area contributed by atoms with E-state index in [2.05, 4.69) is 15.6 Å². The Morgan fingerprint density at radius 2 is 1.49 bits per heavy atom. The predicted octanol–water partition coefficient (Wildman–Crippen LogP) is 7.58. The molecule has 0 bridgehead atoms. The Morgan fingerprint density at radius 3 is 2.08 bits per heavy atom. The zero-order valence-electron chi connectivity index (χ0n) is 20.3. The van der Waals surface area contributed by atoms with Crippen molar-refractivity contribution < 1.29 is 40.7 Å². The van der Waals surface area contributed by atoms with Gasteiger partial charge in [-0.25, -0.2) is 0 Å². The van der Waals surface area contributed by atoms with Gasteiger partial charge in [-0.1, -0.05) is 6.07 Å². The minimum absolute atomic E-state index is 0.0466. The Bertz CT molecular complexity index is 1550. The van der Waals surface area contributed by atoms with Crippen molar-refractivity contribution in [1.82, 2.24) is 4.98 Å². The molecule has 39 heavy (non-hydrogen) atoms. The maximum atomic E-state index is 13.1. The molecule has 0 saturated heterocycles. The van der Waals surface area contributed by atoms with Crippen LogP contribution in [-0.2, 0) is 17.1 Å². The van der Waals surface area contributed by atoms with Gasteiger partial charge in [-0.3, -0.25) is 14.6 Å². The number of hydrogen-bond donors (Lipinski definition) is 2. The van der Waals surface area contributed by atoms with Crippen molar-refractivity contribution in [3.05, 3.63) is 89.1 Å². The molecule has 0 saturated carbocycles. The highest BCUT2D eigenvalue weighted by atomic mass is 19.4. The molecule has 0 aliphatic rings. The molecule has 2 amide bonds. The van der Waals surface area contributed by atoms with Gasteiger partial charge in [0.2, 0.25) is 5.91 Å². The molecule has 202 valence electrons. The molecule has 0 radical (unpaired) electrons. The lowest BCUT2D eigenvalue weighted by Gasteiger charge is -2.15. The Kier molecular flexibility index (Phi) is 7.23. The number of carbonyl (C=O) groups excluding carboxylic acids is 2. The normalized spacial score (nSPS) is 11.8. The van der Waals surface area contributed by atoms with Crippen molar-refractivity contribution >= 4 is 34.1 Å². The number of amides is 2. The summed E-state index contributed by atoms with van der Waals surface area (Å²) in [5.74, 6) is -0.645. The first-order valence-electron chi connectivity index (χ1n) is 11.3. The first-order chi connectivity index (χ1) is 18.2. The molecule has 1 aromatic heterocycles. The highest BCUT2D eigenvalue weighted by Gasteiger charge is 2.37. The second kappa shape index (κ2) is 10.3. The van der Waals surface area contributed by atoms with Crippen LogP contribution in [0.25, 0.3) is 10.9 Å². The summed E-state index contributed by atoms with van der Waals surface area (Å²) in [6.07, 6.45) is -8.66. The van der Waals surface area contributed by atoms with E-state index >= 15 is 0 Å². The van der Waals surface area contributed by atoms with Crippen molar-refractivity contribution in [3.63, 3.8) is 0 Å². The fraction of sp³-hybridized carbons (Fsp3) is 0.148. The summed E-state index contributed by atoms with van der Waals surface area (Å²) in [7, 11) is 0. The number of nitrogens with one attached hydrogen (secondary N) is 2. The van der Waals surface area contributed by atoms with E-state index in [1.165, 1.54) is 31.3 Å². The third-order valence-corrected chi connectivity index (χ3v) is 5.54. The summed E-state index contributed by atoms with van der Waals surface area (Å²) >= 11 is 0. The number of aromatic nitrogens is 1. The van der Waals surface area contributed by atoms with E-state index in [0.29, 0.717) is 45.8 Å². The zero-order valence-corrected chi connectivity index (χ0v) is 20.3. The van der Waals surface area contributed by atoms with Crippen LogP contribution < -0.4 is 15.4 Å². The number of hydrogen-bond acceptors (Lipinski definition) is 4. The number of ether oxygens (including phenoxy) is 1. The molecule has 0 atom stereocenters. The summed E-state index contributed by atoms with van der Waals surface area (Å²) in [6.45, 7) is 3.01. The molecule has 3 aromatic carbocycles. The number of alkyl halides is 6. The summed E-state index contributed by atoms with van der Waals surface area (Å²) < 4.78 is 84.9. The molecule has 0 aliphatic heterocycles. The molecule has 0 spiro atoms. The lowest BCUT2D eigenvalue weighted by molar-refractivity contribution is -0.143. The number of pyridine rings is 1. The first-order valence-corrected chi connectivity index (χ1v) is 11.3. The van der Waals surface area contributed by atoms with E-state index < -0.39 is 35.0 Å². The highest BCUT2D eigenvalue weighted by molar-refractivity contribution is 6.04. The van der Waals surface area contributed by atoms with Gasteiger partial charge in [0.1, 0.15) is 11.5 Å². The number of rotatable bonds is 5. The van der Waals surface area contributed by atoms with Crippen LogP contribution >= 0.6 is 0 Å². The number of para-hydroxylation sites is 1. The van der Waals surface area contributed by atoms with Gasteiger partial charge in [-0.05, 0) is 67.1 Å². The van der Waals surface area contributed by atoms with Crippen LogP contribution in [0.15, 0.2) is 66.9 Å². The van der Waals surface area contributed by atoms with Crippen molar-refractivity contribution in [2.75, 3.05) is 10.6 Å². The van der Waals surface area contributed by atoms with E-state index in [1.807, 2.05) is 0 Å². The van der Waals surface area contributed by atoms with E-state index in [4.69, 9.17) is 4.74 Å². The van der Waals surface area contributed by atoms with Gasteiger partial charge in [0.05, 0.1) is 22.3 Å². The van der Waals surface area contributed by atoms with Crippen molar-refractivity contribution in [2.24, 2.45) is 0 Å². The van der Waals surface area contributed by atoms with Crippen LogP contribution in [0.2, 0.25) is 0 Å². The summed E-state index contributed by atoms with van der Waals surface area (Å²) in [5, 5.41) is 5.62. The number of fused-ring (bicyclic) bond motifs is 1. The van der Waals surface area contributed by atoms with E-state index in [9.17, 15) is 35.9 Å². The smallest absolute Gasteiger partial charge is 0.416 e. The molecule has 2 N–H and O–H groups in total. The number of benzene rings is 3. The lowest BCUT2D eigenvalue weighted by atomic mass is 10.0. The molecule has 4 aromatic rings. The molecular weight excluding hydrogens is 528 g/mol. The van der Waals surface area contributed by atoms with E-state index in [0.717, 1.165) is 0 Å². The molecule has 1 heterocycles. The summed E-state index contributed by atoms with van der Waals surface area (Å²) in [6, 6.07) is 11.8. The Labute approximate surface area is 217 Å². The fourth-order valence-electron chi connectivity index (χ4n) is 3.78. The van der Waals surface area contributed by atoms with Crippen molar-refractivity contribution in [3.8, 4) is 11.5 Å². The van der Waals surface area contributed by atoms with E-state index in [-0.39, 0.29) is 17.7 Å². The van der Waals surface area contributed by atoms with Crippen molar-refractivity contribution in [1.29, 1.82) is 0 Å². The quantitative estimate of drug-likeness (QED) is 0.253. The minimum Gasteiger partial charge on any atom is -0.456 e. The van der Waals surface area contributed by atoms with Gasteiger partial charge in [0.25, 0.3) is 5.91 Å². The highest BCUT2D eigenvalue weighted by Crippen LogP contribution is 2.37. The Morgan fingerprint density at radius 1 is 0.821 bits per heavy atom. The van der Waals surface area contributed by atoms with Gasteiger partial charge in [0.15, 0.2) is 0 Å². The summed E-state index contributed by atoms with van der Waals surface area (Å²) in [5.41, 5.74) is -2.36. The van der Waals surface area contributed by atoms with Crippen LogP contribution in [0.1, 0.15) is 34.0 Å². The molecule has 0 unspecified atom stereocenters. The number of carbonyl (C=O) groups is 2. The fourth-order valence-corrected chi connectivity index (χ4v) is 3.78. The Balaban J connectivity index is 1.59. The van der Waals surface area contributed by atoms with Gasteiger partial charge in [0, 0.05) is 29.8 Å². The SMILES string of the molecule is CC(=O)Nc1cccc2c(Oc3ccc(NC(=O)c4cc(C(F)(F)F)cc(C(F)(F)F)c4)cc3C)ccnc12. The number of anilines is 2. The maximum absolute atomic E-state index is 13.1. The lowest BCUT2D eigenvalue weighted by Crippen LogP contribution is -2.17. The topological polar surface area (TPSA) is 80.3 Å². The van der Waals surface area contributed by atoms with Gasteiger partial charge < -0.3 is 15.4 Å². The molecular formula is C27H19F6N3O3. The van der Waals surface area contributed by atoms with Crippen LogP contribution in [0.5, 0.6) is 11.5 Å². The van der Waals surface area contributed by atoms with Gasteiger partial charge in [-0.2, -0.15) is 26.3 Å².